The van der Waals surface area contributed by atoms with Crippen LogP contribution >= 0.6 is 0 Å². The van der Waals surface area contributed by atoms with Gasteiger partial charge in [0.1, 0.15) is 36.4 Å². The van der Waals surface area contributed by atoms with E-state index in [2.05, 4.69) is 0 Å². The number of phenolic OH excluding ortho intramolecular Hbond substituents is 1. The van der Waals surface area contributed by atoms with Crippen LogP contribution in [0, 0.1) is 0 Å². The third kappa shape index (κ3) is 8.17. The third-order valence-electron chi connectivity index (χ3n) is 5.19. The first-order valence-corrected chi connectivity index (χ1v) is 11.1. The van der Waals surface area contributed by atoms with Gasteiger partial charge in [-0.1, -0.05) is 24.3 Å². The lowest BCUT2D eigenvalue weighted by atomic mass is 9.99. The van der Waals surface area contributed by atoms with E-state index in [-0.39, 0.29) is 11.5 Å². The second-order valence-corrected chi connectivity index (χ2v) is 8.01. The largest absolute Gasteiger partial charge is 0.508 e. The lowest BCUT2D eigenvalue weighted by Crippen LogP contribution is -2.61. The number of ether oxygens (including phenoxy) is 4. The molecule has 1 saturated heterocycles. The normalized spacial score (nSPS) is 23.6. The number of aliphatic hydroxyl groups excluding tert-OH is 2. The van der Waals surface area contributed by atoms with Crippen LogP contribution in [0.15, 0.2) is 60.7 Å². The number of carboxylic acid groups (broad SMARTS) is 1. The summed E-state index contributed by atoms with van der Waals surface area (Å²) in [5, 5.41) is 39.1. The molecule has 5 unspecified atom stereocenters. The molecule has 1 aliphatic heterocycles. The first kappa shape index (κ1) is 27.4. The molecule has 37 heavy (non-hydrogen) atoms. The van der Waals surface area contributed by atoms with E-state index in [4.69, 9.17) is 24.1 Å². The molecular weight excluding hydrogens is 488 g/mol. The number of hydrogen-bond acceptors (Lipinski definition) is 10. The average Bonchev–Trinajstić information content (AvgIpc) is 2.86. The number of benzene rings is 2. The van der Waals surface area contributed by atoms with Gasteiger partial charge in [-0.2, -0.15) is 0 Å². The lowest BCUT2D eigenvalue weighted by Gasteiger charge is -2.41. The Morgan fingerprint density at radius 2 is 1.51 bits per heavy atom. The minimum atomic E-state index is -1.61. The maximum absolute atomic E-state index is 12.1. The summed E-state index contributed by atoms with van der Waals surface area (Å²) in [6, 6.07) is 12.3. The number of aliphatic hydroxyl groups is 2. The quantitative estimate of drug-likeness (QED) is 0.283. The van der Waals surface area contributed by atoms with Crippen LogP contribution in [0.25, 0.3) is 12.2 Å². The molecule has 0 bridgehead atoms. The van der Waals surface area contributed by atoms with Gasteiger partial charge in [-0.25, -0.2) is 9.59 Å². The standard InChI is InChI=1S/C26H26O11/c1-15(27)35-25-24(33)23(32)20(14-34-22(31)13-7-16-2-8-18(28)9-3-16)37-26(25)36-19-10-4-17(5-11-19)6-12-21(29)30/h2-13,20,23-26,28,32-33H,14H2,1H3,(H,29,30). The highest BCUT2D eigenvalue weighted by Gasteiger charge is 2.48. The SMILES string of the molecule is CC(=O)OC1C(Oc2ccc(C=CC(=O)O)cc2)OC(COC(=O)C=Cc2ccc(O)cc2)C(O)C1O. The zero-order valence-corrected chi connectivity index (χ0v) is 19.7. The van der Waals surface area contributed by atoms with Gasteiger partial charge in [0.15, 0.2) is 6.10 Å². The van der Waals surface area contributed by atoms with Crippen molar-refractivity contribution in [2.45, 2.75) is 37.6 Å². The summed E-state index contributed by atoms with van der Waals surface area (Å²) in [5.74, 6) is -2.27. The van der Waals surface area contributed by atoms with Gasteiger partial charge in [-0.05, 0) is 47.5 Å². The van der Waals surface area contributed by atoms with Crippen LogP contribution in [0.2, 0.25) is 0 Å². The molecule has 196 valence electrons. The van der Waals surface area contributed by atoms with Crippen molar-refractivity contribution in [3.05, 3.63) is 71.8 Å². The van der Waals surface area contributed by atoms with E-state index in [9.17, 15) is 29.7 Å². The van der Waals surface area contributed by atoms with Crippen molar-refractivity contribution in [3.8, 4) is 11.5 Å². The van der Waals surface area contributed by atoms with Gasteiger partial charge in [0.25, 0.3) is 0 Å². The van der Waals surface area contributed by atoms with Crippen molar-refractivity contribution < 1.29 is 53.8 Å². The predicted molar refractivity (Wildman–Crippen MR) is 128 cm³/mol. The Labute approximate surface area is 211 Å². The number of carbonyl (C=O) groups is 3. The molecule has 1 aliphatic rings. The van der Waals surface area contributed by atoms with Crippen LogP contribution in [0.5, 0.6) is 11.5 Å². The molecule has 0 saturated carbocycles. The summed E-state index contributed by atoms with van der Waals surface area (Å²) < 4.78 is 21.7. The van der Waals surface area contributed by atoms with Crippen molar-refractivity contribution in [2.24, 2.45) is 0 Å². The molecule has 0 spiro atoms. The number of aliphatic carboxylic acids is 1. The molecule has 11 nitrogen and oxygen atoms in total. The zero-order valence-electron chi connectivity index (χ0n) is 19.7. The molecule has 1 fully saturated rings. The molecule has 2 aromatic rings. The Morgan fingerprint density at radius 3 is 2.11 bits per heavy atom. The molecule has 2 aromatic carbocycles. The first-order valence-electron chi connectivity index (χ1n) is 11.1. The van der Waals surface area contributed by atoms with Gasteiger partial charge in [0.05, 0.1) is 0 Å². The fraction of sp³-hybridized carbons (Fsp3) is 0.269. The van der Waals surface area contributed by atoms with E-state index in [0.29, 0.717) is 11.1 Å². The maximum Gasteiger partial charge on any atom is 0.330 e. The van der Waals surface area contributed by atoms with Gasteiger partial charge in [0.2, 0.25) is 6.29 Å². The molecule has 0 aromatic heterocycles. The number of aromatic hydroxyl groups is 1. The Balaban J connectivity index is 1.67. The van der Waals surface area contributed by atoms with Crippen molar-refractivity contribution in [2.75, 3.05) is 6.61 Å². The molecule has 11 heteroatoms. The number of phenols is 1. The van der Waals surface area contributed by atoms with Crippen molar-refractivity contribution in [1.82, 2.24) is 0 Å². The third-order valence-corrected chi connectivity index (χ3v) is 5.19. The van der Waals surface area contributed by atoms with Gasteiger partial charge in [-0.3, -0.25) is 4.79 Å². The Hall–Kier alpha value is -4.19. The van der Waals surface area contributed by atoms with E-state index >= 15 is 0 Å². The number of rotatable bonds is 9. The molecule has 5 atom stereocenters. The summed E-state index contributed by atoms with van der Waals surface area (Å²) in [5.41, 5.74) is 1.22. The van der Waals surface area contributed by atoms with E-state index < -0.39 is 55.2 Å². The number of hydrogen-bond donors (Lipinski definition) is 4. The Morgan fingerprint density at radius 1 is 0.919 bits per heavy atom. The highest BCUT2D eigenvalue weighted by Crippen LogP contribution is 2.27. The van der Waals surface area contributed by atoms with E-state index in [1.165, 1.54) is 36.4 Å². The maximum atomic E-state index is 12.1. The summed E-state index contributed by atoms with van der Waals surface area (Å²) in [6.45, 7) is 0.677. The second-order valence-electron chi connectivity index (χ2n) is 8.01. The van der Waals surface area contributed by atoms with Gasteiger partial charge < -0.3 is 39.4 Å². The summed E-state index contributed by atoms with van der Waals surface area (Å²) in [6.07, 6.45) is -2.18. The highest BCUT2D eigenvalue weighted by atomic mass is 16.7. The van der Waals surface area contributed by atoms with Crippen LogP contribution in [0.4, 0.5) is 0 Å². The van der Waals surface area contributed by atoms with Gasteiger partial charge in [-0.15, -0.1) is 0 Å². The van der Waals surface area contributed by atoms with Crippen molar-refractivity contribution in [3.63, 3.8) is 0 Å². The fourth-order valence-electron chi connectivity index (χ4n) is 3.38. The van der Waals surface area contributed by atoms with Gasteiger partial charge >= 0.3 is 17.9 Å². The number of carboxylic acids is 1. The molecular formula is C26H26O11. The van der Waals surface area contributed by atoms with Crippen LogP contribution < -0.4 is 4.74 Å². The van der Waals surface area contributed by atoms with Gasteiger partial charge in [0, 0.05) is 19.1 Å². The van der Waals surface area contributed by atoms with Crippen molar-refractivity contribution in [1.29, 1.82) is 0 Å². The number of esters is 2. The predicted octanol–water partition coefficient (Wildman–Crippen LogP) is 1.50. The zero-order chi connectivity index (χ0) is 26.9. The van der Waals surface area contributed by atoms with Crippen molar-refractivity contribution >= 4 is 30.1 Å². The van der Waals surface area contributed by atoms with Crippen LogP contribution in [0.1, 0.15) is 18.1 Å². The van der Waals surface area contributed by atoms with Crippen LogP contribution in [0.3, 0.4) is 0 Å². The molecule has 0 amide bonds. The smallest absolute Gasteiger partial charge is 0.330 e. The van der Waals surface area contributed by atoms with E-state index in [0.717, 1.165) is 19.1 Å². The summed E-state index contributed by atoms with van der Waals surface area (Å²) in [7, 11) is 0. The minimum absolute atomic E-state index is 0.0801. The molecule has 1 heterocycles. The average molecular weight is 514 g/mol. The number of carbonyl (C=O) groups excluding carboxylic acids is 2. The second kappa shape index (κ2) is 12.7. The molecule has 0 aliphatic carbocycles. The molecule has 0 radical (unpaired) electrons. The monoisotopic (exact) mass is 514 g/mol. The van der Waals surface area contributed by atoms with Crippen LogP contribution in [-0.2, 0) is 28.6 Å². The molecule has 4 N–H and O–H groups in total. The minimum Gasteiger partial charge on any atom is -0.508 e. The summed E-state index contributed by atoms with van der Waals surface area (Å²) in [4.78, 5) is 34.4. The van der Waals surface area contributed by atoms with E-state index in [1.54, 1.807) is 24.3 Å². The highest BCUT2D eigenvalue weighted by molar-refractivity contribution is 5.87. The topological polar surface area (TPSA) is 169 Å². The summed E-state index contributed by atoms with van der Waals surface area (Å²) >= 11 is 0. The van der Waals surface area contributed by atoms with Crippen LogP contribution in [-0.4, -0.2) is 75.6 Å². The lowest BCUT2D eigenvalue weighted by molar-refractivity contribution is -0.282. The first-order chi connectivity index (χ1) is 17.6. The Bertz CT molecular complexity index is 1140. The van der Waals surface area contributed by atoms with E-state index in [1.807, 2.05) is 0 Å². The Kier molecular flexibility index (Phi) is 9.39. The fourth-order valence-corrected chi connectivity index (χ4v) is 3.38. The molecule has 3 rings (SSSR count).